The number of nitrogens with one attached hydrogen (secondary N) is 1. The molecule has 0 aliphatic heterocycles. The van der Waals surface area contributed by atoms with Gasteiger partial charge in [0.1, 0.15) is 10.2 Å². The molecule has 0 aliphatic carbocycles. The predicted octanol–water partition coefficient (Wildman–Crippen LogP) is 3.83. The topological polar surface area (TPSA) is 67.8 Å². The van der Waals surface area contributed by atoms with Crippen molar-refractivity contribution < 1.29 is 4.79 Å². The zero-order chi connectivity index (χ0) is 14.5. The molecule has 0 saturated heterocycles. The van der Waals surface area contributed by atoms with Crippen molar-refractivity contribution in [2.75, 3.05) is 5.32 Å². The monoisotopic (exact) mass is 330 g/mol. The van der Waals surface area contributed by atoms with E-state index in [2.05, 4.69) is 27.4 Å². The maximum absolute atomic E-state index is 12.0. The number of aromatic nitrogens is 3. The smallest absolute Gasteiger partial charge is 0.259 e. The van der Waals surface area contributed by atoms with Crippen molar-refractivity contribution in [2.24, 2.45) is 0 Å². The normalized spacial score (nSPS) is 10.6. The summed E-state index contributed by atoms with van der Waals surface area (Å²) in [5.74, 6) is -0.339. The first kappa shape index (κ1) is 15.2. The Balaban J connectivity index is 2.03. The van der Waals surface area contributed by atoms with Gasteiger partial charge in [0.2, 0.25) is 5.13 Å². The van der Waals surface area contributed by atoms with Crippen LogP contribution in [0.1, 0.15) is 35.1 Å². The Bertz CT molecular complexity index is 617. The summed E-state index contributed by atoms with van der Waals surface area (Å²) in [5, 5.41) is 12.4. The Morgan fingerprint density at radius 2 is 2.20 bits per heavy atom. The molecule has 2 rings (SSSR count). The molecule has 1 amide bonds. The van der Waals surface area contributed by atoms with E-state index in [-0.39, 0.29) is 16.1 Å². The summed E-state index contributed by atoms with van der Waals surface area (Å²) >= 11 is 12.9. The van der Waals surface area contributed by atoms with Gasteiger partial charge in [-0.3, -0.25) is 10.1 Å². The predicted molar refractivity (Wildman–Crippen MR) is 80.7 cm³/mol. The highest BCUT2D eigenvalue weighted by Gasteiger charge is 2.12. The van der Waals surface area contributed by atoms with Crippen LogP contribution in [0.4, 0.5) is 5.13 Å². The van der Waals surface area contributed by atoms with Gasteiger partial charge in [0, 0.05) is 12.6 Å². The molecule has 106 valence electrons. The molecule has 8 heteroatoms. The average Bonchev–Trinajstić information content (AvgIpc) is 2.87. The lowest BCUT2D eigenvalue weighted by molar-refractivity contribution is 0.102. The van der Waals surface area contributed by atoms with Crippen molar-refractivity contribution in [1.82, 2.24) is 15.2 Å². The van der Waals surface area contributed by atoms with Crippen LogP contribution in [0.2, 0.25) is 10.2 Å². The van der Waals surface area contributed by atoms with Crippen LogP contribution >= 0.6 is 34.5 Å². The van der Waals surface area contributed by atoms with Gasteiger partial charge in [-0.05, 0) is 12.5 Å². The molecule has 0 atom stereocenters. The highest BCUT2D eigenvalue weighted by atomic mass is 35.5. The first-order chi connectivity index (χ1) is 9.60. The van der Waals surface area contributed by atoms with Crippen molar-refractivity contribution in [3.8, 4) is 0 Å². The molecule has 0 bridgehead atoms. The fourth-order valence-electron chi connectivity index (χ4n) is 1.45. The van der Waals surface area contributed by atoms with E-state index in [4.69, 9.17) is 23.2 Å². The number of carbonyl (C=O) groups excluding carboxylic acids is 1. The largest absolute Gasteiger partial charge is 0.296 e. The molecule has 0 radical (unpaired) electrons. The average molecular weight is 331 g/mol. The van der Waals surface area contributed by atoms with Gasteiger partial charge >= 0.3 is 0 Å². The van der Waals surface area contributed by atoms with E-state index in [1.165, 1.54) is 23.6 Å². The molecule has 5 nitrogen and oxygen atoms in total. The standard InChI is InChI=1S/C12H12Cl2N4OS/c1-2-3-4-9-17-18-12(20-9)16-11(19)7-5-8(13)10(14)15-6-7/h5-6H,2-4H2,1H3,(H,16,18,19). The lowest BCUT2D eigenvalue weighted by Gasteiger charge is -2.01. The number of nitrogens with zero attached hydrogens (tertiary/aromatic N) is 3. The molecule has 0 aliphatic rings. The van der Waals surface area contributed by atoms with Gasteiger partial charge in [-0.2, -0.15) is 0 Å². The Morgan fingerprint density at radius 1 is 1.40 bits per heavy atom. The first-order valence-corrected chi connectivity index (χ1v) is 7.62. The quantitative estimate of drug-likeness (QED) is 0.846. The number of aryl methyl sites for hydroxylation is 1. The van der Waals surface area contributed by atoms with E-state index in [1.807, 2.05) is 0 Å². The number of anilines is 1. The molecule has 0 fully saturated rings. The molecule has 2 heterocycles. The molecule has 0 spiro atoms. The van der Waals surface area contributed by atoms with E-state index >= 15 is 0 Å². The van der Waals surface area contributed by atoms with Gasteiger partial charge in [-0.25, -0.2) is 4.98 Å². The molecule has 0 saturated carbocycles. The second kappa shape index (κ2) is 6.97. The minimum atomic E-state index is -0.339. The van der Waals surface area contributed by atoms with E-state index in [1.54, 1.807) is 0 Å². The van der Waals surface area contributed by atoms with Gasteiger partial charge in [0.25, 0.3) is 5.91 Å². The molecule has 1 N–H and O–H groups in total. The van der Waals surface area contributed by atoms with Gasteiger partial charge in [-0.15, -0.1) is 10.2 Å². The number of carbonyl (C=O) groups is 1. The van der Waals surface area contributed by atoms with Gasteiger partial charge in [0.15, 0.2) is 0 Å². The molecular formula is C12H12Cl2N4OS. The van der Waals surface area contributed by atoms with E-state index in [9.17, 15) is 4.79 Å². The second-order valence-electron chi connectivity index (χ2n) is 4.06. The third kappa shape index (κ3) is 3.88. The van der Waals surface area contributed by atoms with E-state index in [0.29, 0.717) is 10.7 Å². The van der Waals surface area contributed by atoms with Crippen LogP contribution in [0.5, 0.6) is 0 Å². The van der Waals surface area contributed by atoms with Gasteiger partial charge in [0.05, 0.1) is 10.6 Å². The molecule has 2 aromatic rings. The van der Waals surface area contributed by atoms with Crippen LogP contribution in [0.25, 0.3) is 0 Å². The van der Waals surface area contributed by atoms with Crippen LogP contribution in [0, 0.1) is 0 Å². The van der Waals surface area contributed by atoms with Gasteiger partial charge in [-0.1, -0.05) is 47.9 Å². The summed E-state index contributed by atoms with van der Waals surface area (Å²) in [6, 6.07) is 1.46. The van der Waals surface area contributed by atoms with Crippen LogP contribution in [-0.2, 0) is 6.42 Å². The van der Waals surface area contributed by atoms with Gasteiger partial charge < -0.3 is 0 Å². The van der Waals surface area contributed by atoms with Crippen LogP contribution < -0.4 is 5.32 Å². The fraction of sp³-hybridized carbons (Fsp3) is 0.333. The van der Waals surface area contributed by atoms with E-state index < -0.39 is 0 Å². The minimum absolute atomic E-state index is 0.168. The molecule has 2 aromatic heterocycles. The zero-order valence-corrected chi connectivity index (χ0v) is 13.0. The summed E-state index contributed by atoms with van der Waals surface area (Å²) in [5.41, 5.74) is 0.324. The maximum Gasteiger partial charge on any atom is 0.259 e. The number of unbranched alkanes of at least 4 members (excludes halogenated alkanes) is 1. The van der Waals surface area contributed by atoms with Crippen LogP contribution in [0.15, 0.2) is 12.3 Å². The van der Waals surface area contributed by atoms with Crippen molar-refractivity contribution in [3.63, 3.8) is 0 Å². The zero-order valence-electron chi connectivity index (χ0n) is 10.7. The van der Waals surface area contributed by atoms with Crippen molar-refractivity contribution in [2.45, 2.75) is 26.2 Å². The summed E-state index contributed by atoms with van der Waals surface area (Å²) < 4.78 is 0. The van der Waals surface area contributed by atoms with Crippen molar-refractivity contribution in [3.05, 3.63) is 33.0 Å². The molecule has 0 unspecified atom stereocenters. The maximum atomic E-state index is 12.0. The second-order valence-corrected chi connectivity index (χ2v) is 5.88. The van der Waals surface area contributed by atoms with Crippen molar-refractivity contribution in [1.29, 1.82) is 0 Å². The number of rotatable bonds is 5. The summed E-state index contributed by atoms with van der Waals surface area (Å²) in [7, 11) is 0. The minimum Gasteiger partial charge on any atom is -0.296 e. The number of hydrogen-bond acceptors (Lipinski definition) is 5. The molecular weight excluding hydrogens is 319 g/mol. The third-order valence-corrected chi connectivity index (χ3v) is 4.07. The van der Waals surface area contributed by atoms with Crippen LogP contribution in [-0.4, -0.2) is 21.1 Å². The highest BCUT2D eigenvalue weighted by Crippen LogP contribution is 2.21. The molecule has 0 aromatic carbocycles. The van der Waals surface area contributed by atoms with Crippen molar-refractivity contribution >= 4 is 45.6 Å². The third-order valence-electron chi connectivity index (χ3n) is 2.49. The van der Waals surface area contributed by atoms with Crippen LogP contribution in [0.3, 0.4) is 0 Å². The summed E-state index contributed by atoms with van der Waals surface area (Å²) in [6.07, 6.45) is 4.39. The summed E-state index contributed by atoms with van der Waals surface area (Å²) in [4.78, 5) is 15.8. The first-order valence-electron chi connectivity index (χ1n) is 6.05. The lowest BCUT2D eigenvalue weighted by Crippen LogP contribution is -2.12. The number of hydrogen-bond donors (Lipinski definition) is 1. The SMILES string of the molecule is CCCCc1nnc(NC(=O)c2cnc(Cl)c(Cl)c2)s1. The van der Waals surface area contributed by atoms with E-state index in [0.717, 1.165) is 24.3 Å². The fourth-order valence-corrected chi connectivity index (χ4v) is 2.49. The summed E-state index contributed by atoms with van der Waals surface area (Å²) in [6.45, 7) is 2.11. The molecule has 20 heavy (non-hydrogen) atoms. The Hall–Kier alpha value is -1.24. The lowest BCUT2D eigenvalue weighted by atomic mass is 10.3. The number of halogens is 2. The number of amides is 1. The highest BCUT2D eigenvalue weighted by molar-refractivity contribution is 7.15. The number of pyridine rings is 1. The Kier molecular flexibility index (Phi) is 5.28. The Labute approximate surface area is 130 Å². The Morgan fingerprint density at radius 3 is 2.90 bits per heavy atom.